The van der Waals surface area contributed by atoms with Gasteiger partial charge in [-0.2, -0.15) is 0 Å². The molecule has 0 aromatic heterocycles. The zero-order chi connectivity index (χ0) is 13.2. The zero-order valence-corrected chi connectivity index (χ0v) is 11.3. The van der Waals surface area contributed by atoms with Crippen molar-refractivity contribution in [2.75, 3.05) is 0 Å². The smallest absolute Gasteiger partial charge is 0.150 e. The highest BCUT2D eigenvalue weighted by atomic mass is 16.1. The van der Waals surface area contributed by atoms with Crippen LogP contribution >= 0.6 is 0 Å². The Kier molecular flexibility index (Phi) is 3.20. The second kappa shape index (κ2) is 5.00. The van der Waals surface area contributed by atoms with Gasteiger partial charge in [0.05, 0.1) is 0 Å². The Morgan fingerprint density at radius 2 is 1.74 bits per heavy atom. The van der Waals surface area contributed by atoms with Gasteiger partial charge in [-0.05, 0) is 54.9 Å². The van der Waals surface area contributed by atoms with Crippen molar-refractivity contribution in [3.8, 4) is 11.1 Å². The molecule has 0 saturated carbocycles. The van der Waals surface area contributed by atoms with E-state index in [0.29, 0.717) is 0 Å². The van der Waals surface area contributed by atoms with Crippen molar-refractivity contribution in [3.63, 3.8) is 0 Å². The molecule has 0 spiro atoms. The summed E-state index contributed by atoms with van der Waals surface area (Å²) in [7, 11) is 0. The molecule has 0 radical (unpaired) electrons. The van der Waals surface area contributed by atoms with Crippen molar-refractivity contribution < 1.29 is 4.79 Å². The van der Waals surface area contributed by atoms with Crippen LogP contribution in [0.1, 0.15) is 39.9 Å². The van der Waals surface area contributed by atoms with Gasteiger partial charge in [0.1, 0.15) is 0 Å². The second-order valence-corrected chi connectivity index (χ2v) is 5.40. The van der Waals surface area contributed by atoms with Crippen molar-refractivity contribution in [2.45, 2.75) is 32.6 Å². The summed E-state index contributed by atoms with van der Waals surface area (Å²) in [5.41, 5.74) is 7.15. The van der Waals surface area contributed by atoms with Crippen molar-refractivity contribution in [1.82, 2.24) is 0 Å². The van der Waals surface area contributed by atoms with E-state index in [1.54, 1.807) is 0 Å². The summed E-state index contributed by atoms with van der Waals surface area (Å²) in [6.45, 7) is 2.07. The van der Waals surface area contributed by atoms with Crippen LogP contribution in [0.4, 0.5) is 0 Å². The van der Waals surface area contributed by atoms with Crippen LogP contribution in [-0.4, -0.2) is 6.29 Å². The van der Waals surface area contributed by atoms with Gasteiger partial charge in [-0.25, -0.2) is 0 Å². The number of carbonyl (C=O) groups excluding carboxylic acids is 1. The summed E-state index contributed by atoms with van der Waals surface area (Å²) >= 11 is 0. The van der Waals surface area contributed by atoms with Crippen LogP contribution in [-0.2, 0) is 12.8 Å². The molecule has 0 unspecified atom stereocenters. The van der Waals surface area contributed by atoms with Gasteiger partial charge >= 0.3 is 0 Å². The van der Waals surface area contributed by atoms with Crippen molar-refractivity contribution in [1.29, 1.82) is 0 Å². The van der Waals surface area contributed by atoms with Gasteiger partial charge in [0.25, 0.3) is 0 Å². The molecule has 2 aromatic rings. The second-order valence-electron chi connectivity index (χ2n) is 5.40. The maximum absolute atomic E-state index is 11.2. The fourth-order valence-corrected chi connectivity index (χ4v) is 2.92. The highest BCUT2D eigenvalue weighted by molar-refractivity contribution is 5.88. The molecule has 3 rings (SSSR count). The molecule has 0 bridgehead atoms. The third-order valence-electron chi connectivity index (χ3n) is 4.00. The predicted octanol–water partition coefficient (Wildman–Crippen LogP) is 4.35. The minimum atomic E-state index is 0.779. The van der Waals surface area contributed by atoms with E-state index in [0.717, 1.165) is 17.4 Å². The van der Waals surface area contributed by atoms with E-state index in [-0.39, 0.29) is 0 Å². The SMILES string of the molecule is Cc1ccc(C=O)c(-c2ccc3c(c2)CCCC3)c1. The molecule has 1 aliphatic carbocycles. The maximum atomic E-state index is 11.2. The number of rotatable bonds is 2. The Labute approximate surface area is 114 Å². The minimum Gasteiger partial charge on any atom is -0.298 e. The molecular weight excluding hydrogens is 232 g/mol. The van der Waals surface area contributed by atoms with Crippen molar-refractivity contribution in [3.05, 3.63) is 58.7 Å². The largest absolute Gasteiger partial charge is 0.298 e. The van der Waals surface area contributed by atoms with E-state index in [1.807, 2.05) is 12.1 Å². The molecule has 0 saturated heterocycles. The van der Waals surface area contributed by atoms with E-state index in [1.165, 1.54) is 47.9 Å². The lowest BCUT2D eigenvalue weighted by atomic mass is 9.88. The van der Waals surface area contributed by atoms with E-state index in [2.05, 4.69) is 31.2 Å². The molecule has 2 aromatic carbocycles. The first-order valence-electron chi connectivity index (χ1n) is 6.96. The first-order valence-corrected chi connectivity index (χ1v) is 6.96. The summed E-state index contributed by atoms with van der Waals surface area (Å²) < 4.78 is 0. The average Bonchev–Trinajstić information content (AvgIpc) is 2.46. The molecule has 0 aliphatic heterocycles. The first-order chi connectivity index (χ1) is 9.28. The fraction of sp³-hybridized carbons (Fsp3) is 0.278. The lowest BCUT2D eigenvalue weighted by Gasteiger charge is -2.17. The zero-order valence-electron chi connectivity index (χ0n) is 11.3. The number of hydrogen-bond acceptors (Lipinski definition) is 1. The highest BCUT2D eigenvalue weighted by Gasteiger charge is 2.11. The average molecular weight is 250 g/mol. The van der Waals surface area contributed by atoms with Crippen LogP contribution in [0.3, 0.4) is 0 Å². The molecule has 1 nitrogen and oxygen atoms in total. The molecule has 1 heteroatoms. The number of aryl methyl sites for hydroxylation is 3. The monoisotopic (exact) mass is 250 g/mol. The number of aldehydes is 1. The van der Waals surface area contributed by atoms with Gasteiger partial charge in [-0.15, -0.1) is 0 Å². The topological polar surface area (TPSA) is 17.1 Å². The standard InChI is InChI=1S/C18H18O/c1-13-6-7-17(12-19)18(10-13)16-9-8-14-4-2-3-5-15(14)11-16/h6-12H,2-5H2,1H3. The Hall–Kier alpha value is -1.89. The van der Waals surface area contributed by atoms with Crippen LogP contribution in [0.2, 0.25) is 0 Å². The van der Waals surface area contributed by atoms with Gasteiger partial charge in [0.15, 0.2) is 6.29 Å². The Morgan fingerprint density at radius 3 is 2.53 bits per heavy atom. The number of carbonyl (C=O) groups is 1. The molecule has 0 N–H and O–H groups in total. The van der Waals surface area contributed by atoms with Gasteiger partial charge in [-0.1, -0.05) is 42.0 Å². The Morgan fingerprint density at radius 1 is 0.947 bits per heavy atom. The van der Waals surface area contributed by atoms with E-state index in [4.69, 9.17) is 0 Å². The summed E-state index contributed by atoms with van der Waals surface area (Å²) in [6, 6.07) is 12.7. The lowest BCUT2D eigenvalue weighted by molar-refractivity contribution is 0.112. The van der Waals surface area contributed by atoms with Gasteiger partial charge in [0.2, 0.25) is 0 Å². The van der Waals surface area contributed by atoms with Crippen molar-refractivity contribution >= 4 is 6.29 Å². The Balaban J connectivity index is 2.11. The molecule has 0 atom stereocenters. The molecule has 0 fully saturated rings. The van der Waals surface area contributed by atoms with Crippen LogP contribution in [0.25, 0.3) is 11.1 Å². The van der Waals surface area contributed by atoms with Gasteiger partial charge in [0, 0.05) is 5.56 Å². The molecule has 19 heavy (non-hydrogen) atoms. The third-order valence-corrected chi connectivity index (χ3v) is 4.00. The van der Waals surface area contributed by atoms with E-state index in [9.17, 15) is 4.79 Å². The van der Waals surface area contributed by atoms with Crippen molar-refractivity contribution in [2.24, 2.45) is 0 Å². The van der Waals surface area contributed by atoms with E-state index >= 15 is 0 Å². The normalized spacial score (nSPS) is 13.9. The highest BCUT2D eigenvalue weighted by Crippen LogP contribution is 2.29. The summed E-state index contributed by atoms with van der Waals surface area (Å²) in [5, 5.41) is 0. The fourth-order valence-electron chi connectivity index (χ4n) is 2.92. The predicted molar refractivity (Wildman–Crippen MR) is 78.6 cm³/mol. The molecular formula is C18H18O. The lowest BCUT2D eigenvalue weighted by Crippen LogP contribution is -2.02. The van der Waals surface area contributed by atoms with Crippen LogP contribution in [0, 0.1) is 6.92 Å². The Bertz CT molecular complexity index is 626. The van der Waals surface area contributed by atoms with Gasteiger partial charge < -0.3 is 0 Å². The number of benzene rings is 2. The first kappa shape index (κ1) is 12.2. The molecule has 0 amide bonds. The van der Waals surface area contributed by atoms with Crippen LogP contribution in [0.15, 0.2) is 36.4 Å². The van der Waals surface area contributed by atoms with Gasteiger partial charge in [-0.3, -0.25) is 4.79 Å². The molecule has 0 heterocycles. The summed E-state index contributed by atoms with van der Waals surface area (Å²) in [4.78, 5) is 11.2. The summed E-state index contributed by atoms with van der Waals surface area (Å²) in [6.07, 6.45) is 5.91. The third kappa shape index (κ3) is 2.33. The number of fused-ring (bicyclic) bond motifs is 1. The minimum absolute atomic E-state index is 0.779. The van der Waals surface area contributed by atoms with E-state index < -0.39 is 0 Å². The molecule has 1 aliphatic rings. The number of hydrogen-bond donors (Lipinski definition) is 0. The maximum Gasteiger partial charge on any atom is 0.150 e. The quantitative estimate of drug-likeness (QED) is 0.724. The van der Waals surface area contributed by atoms with Crippen LogP contribution in [0.5, 0.6) is 0 Å². The summed E-state index contributed by atoms with van der Waals surface area (Å²) in [5.74, 6) is 0. The van der Waals surface area contributed by atoms with Crippen LogP contribution < -0.4 is 0 Å². The molecule has 96 valence electrons.